The van der Waals surface area contributed by atoms with Crippen LogP contribution in [0.2, 0.25) is 0 Å². The predicted molar refractivity (Wildman–Crippen MR) is 109 cm³/mol. The summed E-state index contributed by atoms with van der Waals surface area (Å²) in [4.78, 5) is 14.8. The van der Waals surface area contributed by atoms with Crippen LogP contribution in [0, 0.1) is 17.7 Å². The van der Waals surface area contributed by atoms with E-state index in [0.29, 0.717) is 24.8 Å². The Bertz CT molecular complexity index is 740. The standard InChI is InChI=1S/C22H27FN2O.ClH/c1-16(10-11-17-6-5-9-20(23)12-17)22(26)25-14-19(13-24)21(15-25)18-7-3-2-4-8-18;/h2-9,12,16,19,21H,10-11,13-15,24H2,1H3;1H/t16?,19-,21+;/m1./s1. The fraction of sp³-hybridized carbons (Fsp3) is 0.409. The molecule has 1 heterocycles. The summed E-state index contributed by atoms with van der Waals surface area (Å²) in [5.74, 6) is 0.486. The highest BCUT2D eigenvalue weighted by Gasteiger charge is 2.36. The molecule has 0 saturated carbocycles. The van der Waals surface area contributed by atoms with Crippen molar-refractivity contribution in [3.63, 3.8) is 0 Å². The number of hydrogen-bond acceptors (Lipinski definition) is 2. The van der Waals surface area contributed by atoms with Gasteiger partial charge >= 0.3 is 0 Å². The van der Waals surface area contributed by atoms with E-state index in [1.807, 2.05) is 36.1 Å². The number of nitrogens with zero attached hydrogens (tertiary/aromatic N) is 1. The highest BCUT2D eigenvalue weighted by Crippen LogP contribution is 2.33. The number of halogens is 2. The van der Waals surface area contributed by atoms with Crippen LogP contribution in [0.1, 0.15) is 30.4 Å². The average Bonchev–Trinajstić information content (AvgIpc) is 3.10. The molecular weight excluding hydrogens is 363 g/mol. The Morgan fingerprint density at radius 3 is 2.59 bits per heavy atom. The van der Waals surface area contributed by atoms with Gasteiger partial charge in [-0.3, -0.25) is 4.79 Å². The van der Waals surface area contributed by atoms with Crippen molar-refractivity contribution in [2.75, 3.05) is 19.6 Å². The van der Waals surface area contributed by atoms with E-state index in [1.54, 1.807) is 12.1 Å². The van der Waals surface area contributed by atoms with Gasteiger partial charge in [-0.25, -0.2) is 4.39 Å². The molecule has 2 aromatic carbocycles. The summed E-state index contributed by atoms with van der Waals surface area (Å²) in [7, 11) is 0. The molecule has 1 aliphatic heterocycles. The summed E-state index contributed by atoms with van der Waals surface area (Å²) in [6, 6.07) is 16.9. The molecular formula is C22H28ClFN2O. The third kappa shape index (κ3) is 5.30. The van der Waals surface area contributed by atoms with Crippen molar-refractivity contribution in [3.8, 4) is 0 Å². The van der Waals surface area contributed by atoms with E-state index in [-0.39, 0.29) is 30.0 Å². The van der Waals surface area contributed by atoms with Crippen molar-refractivity contribution in [1.82, 2.24) is 4.90 Å². The van der Waals surface area contributed by atoms with Crippen LogP contribution in [0.4, 0.5) is 4.39 Å². The van der Waals surface area contributed by atoms with Crippen LogP contribution in [-0.4, -0.2) is 30.4 Å². The molecule has 146 valence electrons. The van der Waals surface area contributed by atoms with Crippen molar-refractivity contribution in [3.05, 3.63) is 71.5 Å². The van der Waals surface area contributed by atoms with Gasteiger partial charge in [0.1, 0.15) is 5.82 Å². The molecule has 27 heavy (non-hydrogen) atoms. The maximum Gasteiger partial charge on any atom is 0.225 e. The van der Waals surface area contributed by atoms with Gasteiger partial charge in [0.2, 0.25) is 5.91 Å². The van der Waals surface area contributed by atoms with Crippen LogP contribution < -0.4 is 5.73 Å². The molecule has 2 aromatic rings. The lowest BCUT2D eigenvalue weighted by molar-refractivity contribution is -0.134. The van der Waals surface area contributed by atoms with E-state index in [4.69, 9.17) is 5.73 Å². The second-order valence-electron chi connectivity index (χ2n) is 7.33. The maximum absolute atomic E-state index is 13.3. The molecule has 3 nitrogen and oxygen atoms in total. The van der Waals surface area contributed by atoms with Crippen molar-refractivity contribution < 1.29 is 9.18 Å². The van der Waals surface area contributed by atoms with Crippen LogP contribution in [0.15, 0.2) is 54.6 Å². The second kappa shape index (κ2) is 9.86. The number of aryl methyl sites for hydroxylation is 1. The third-order valence-electron chi connectivity index (χ3n) is 5.46. The van der Waals surface area contributed by atoms with E-state index < -0.39 is 0 Å². The molecule has 1 fully saturated rings. The molecule has 2 N–H and O–H groups in total. The van der Waals surface area contributed by atoms with Gasteiger partial charge in [-0.15, -0.1) is 12.4 Å². The average molecular weight is 391 g/mol. The summed E-state index contributed by atoms with van der Waals surface area (Å²) in [5.41, 5.74) is 8.17. The van der Waals surface area contributed by atoms with E-state index in [1.165, 1.54) is 11.6 Å². The first-order valence-electron chi connectivity index (χ1n) is 9.36. The van der Waals surface area contributed by atoms with Gasteiger partial charge in [0.25, 0.3) is 0 Å². The highest BCUT2D eigenvalue weighted by molar-refractivity contribution is 5.85. The van der Waals surface area contributed by atoms with Gasteiger partial charge in [0.15, 0.2) is 0 Å². The summed E-state index contributed by atoms with van der Waals surface area (Å²) in [5, 5.41) is 0. The molecule has 1 saturated heterocycles. The molecule has 0 aliphatic carbocycles. The molecule has 0 aromatic heterocycles. The quantitative estimate of drug-likeness (QED) is 0.809. The minimum atomic E-state index is -0.225. The van der Waals surface area contributed by atoms with Gasteiger partial charge in [-0.2, -0.15) is 0 Å². The maximum atomic E-state index is 13.3. The van der Waals surface area contributed by atoms with Crippen molar-refractivity contribution in [2.24, 2.45) is 17.6 Å². The Morgan fingerprint density at radius 2 is 1.93 bits per heavy atom. The van der Waals surface area contributed by atoms with Crippen LogP contribution >= 0.6 is 12.4 Å². The molecule has 3 rings (SSSR count). The van der Waals surface area contributed by atoms with Crippen LogP contribution in [0.5, 0.6) is 0 Å². The van der Waals surface area contributed by atoms with Gasteiger partial charge < -0.3 is 10.6 Å². The Kier molecular flexibility index (Phi) is 7.81. The van der Waals surface area contributed by atoms with Crippen molar-refractivity contribution in [1.29, 1.82) is 0 Å². The summed E-state index contributed by atoms with van der Waals surface area (Å²) in [6.45, 7) is 4.00. The van der Waals surface area contributed by atoms with Gasteiger partial charge in [0, 0.05) is 24.9 Å². The smallest absolute Gasteiger partial charge is 0.225 e. The molecule has 3 atom stereocenters. The molecule has 0 spiro atoms. The Labute approximate surface area is 167 Å². The van der Waals surface area contributed by atoms with Crippen LogP contribution in [-0.2, 0) is 11.2 Å². The Hall–Kier alpha value is -1.91. The fourth-order valence-electron chi connectivity index (χ4n) is 3.88. The van der Waals surface area contributed by atoms with Gasteiger partial charge in [0.05, 0.1) is 0 Å². The van der Waals surface area contributed by atoms with Crippen LogP contribution in [0.25, 0.3) is 0 Å². The lowest BCUT2D eigenvalue weighted by Gasteiger charge is -2.21. The fourth-order valence-corrected chi connectivity index (χ4v) is 3.88. The van der Waals surface area contributed by atoms with Crippen molar-refractivity contribution >= 4 is 18.3 Å². The zero-order valence-electron chi connectivity index (χ0n) is 15.7. The first-order valence-corrected chi connectivity index (χ1v) is 9.36. The molecule has 1 unspecified atom stereocenters. The minimum Gasteiger partial charge on any atom is -0.341 e. The number of hydrogen-bond donors (Lipinski definition) is 1. The van der Waals surface area contributed by atoms with Gasteiger partial charge in [-0.1, -0.05) is 49.4 Å². The SMILES string of the molecule is CC(CCc1cccc(F)c1)C(=O)N1C[C@@H](CN)[C@H](c2ccccc2)C1.Cl. The predicted octanol–water partition coefficient (Wildman–Crippen LogP) is 4.02. The minimum absolute atomic E-state index is 0. The number of nitrogens with two attached hydrogens (primary N) is 1. The second-order valence-corrected chi connectivity index (χ2v) is 7.33. The molecule has 0 radical (unpaired) electrons. The highest BCUT2D eigenvalue weighted by atomic mass is 35.5. The first kappa shape index (κ1) is 21.4. The van der Waals surface area contributed by atoms with E-state index in [0.717, 1.165) is 25.1 Å². The number of amides is 1. The van der Waals surface area contributed by atoms with E-state index in [9.17, 15) is 9.18 Å². The zero-order chi connectivity index (χ0) is 18.5. The normalized spacial score (nSPS) is 20.2. The van der Waals surface area contributed by atoms with E-state index >= 15 is 0 Å². The number of likely N-dealkylation sites (tertiary alicyclic amines) is 1. The summed E-state index contributed by atoms with van der Waals surface area (Å²) in [6.07, 6.45) is 1.43. The van der Waals surface area contributed by atoms with Crippen molar-refractivity contribution in [2.45, 2.75) is 25.7 Å². The third-order valence-corrected chi connectivity index (χ3v) is 5.46. The first-order chi connectivity index (χ1) is 12.6. The number of rotatable bonds is 6. The molecule has 0 bridgehead atoms. The number of carbonyl (C=O) groups is 1. The molecule has 5 heteroatoms. The number of benzene rings is 2. The molecule has 1 amide bonds. The lowest BCUT2D eigenvalue weighted by Crippen LogP contribution is -2.34. The summed E-state index contributed by atoms with van der Waals surface area (Å²) >= 11 is 0. The summed E-state index contributed by atoms with van der Waals surface area (Å²) < 4.78 is 13.3. The largest absolute Gasteiger partial charge is 0.341 e. The van der Waals surface area contributed by atoms with Gasteiger partial charge in [-0.05, 0) is 48.6 Å². The Balaban J connectivity index is 0.00000261. The zero-order valence-corrected chi connectivity index (χ0v) is 16.5. The molecule has 1 aliphatic rings. The lowest BCUT2D eigenvalue weighted by atomic mass is 9.89. The van der Waals surface area contributed by atoms with Crippen LogP contribution in [0.3, 0.4) is 0 Å². The monoisotopic (exact) mass is 390 g/mol. The topological polar surface area (TPSA) is 46.3 Å². The number of carbonyl (C=O) groups excluding carboxylic acids is 1. The Morgan fingerprint density at radius 1 is 1.19 bits per heavy atom. The van der Waals surface area contributed by atoms with E-state index in [2.05, 4.69) is 12.1 Å².